The zero-order chi connectivity index (χ0) is 12.8. The average Bonchev–Trinajstić information content (AvgIpc) is 2.29. The van der Waals surface area contributed by atoms with Gasteiger partial charge in [-0.1, -0.05) is 29.8 Å². The van der Waals surface area contributed by atoms with Crippen LogP contribution in [0.15, 0.2) is 24.3 Å². The molecule has 0 aliphatic heterocycles. The van der Waals surface area contributed by atoms with Crippen LogP contribution in [0.5, 0.6) is 0 Å². The van der Waals surface area contributed by atoms with Gasteiger partial charge in [-0.2, -0.15) is 0 Å². The fourth-order valence-electron chi connectivity index (χ4n) is 1.78. The lowest BCUT2D eigenvalue weighted by Gasteiger charge is -2.24. The van der Waals surface area contributed by atoms with Crippen LogP contribution in [-0.4, -0.2) is 25.9 Å². The van der Waals surface area contributed by atoms with E-state index in [0.29, 0.717) is 6.61 Å². The van der Waals surface area contributed by atoms with Gasteiger partial charge >= 0.3 is 0 Å². The molecule has 0 spiro atoms. The Bertz CT molecular complexity index is 323. The Balaban J connectivity index is 2.56. The summed E-state index contributed by atoms with van der Waals surface area (Å²) in [6, 6.07) is 8.15. The number of ether oxygens (including phenoxy) is 2. The van der Waals surface area contributed by atoms with Crippen LogP contribution in [0.3, 0.4) is 0 Å². The van der Waals surface area contributed by atoms with Crippen molar-refractivity contribution in [3.63, 3.8) is 0 Å². The van der Waals surface area contributed by atoms with Gasteiger partial charge in [0, 0.05) is 7.11 Å². The number of hydrogen-bond acceptors (Lipinski definition) is 3. The van der Waals surface area contributed by atoms with Gasteiger partial charge < -0.3 is 15.2 Å². The van der Waals surface area contributed by atoms with E-state index in [0.717, 1.165) is 5.56 Å². The van der Waals surface area contributed by atoms with Gasteiger partial charge in [0.1, 0.15) is 0 Å². The lowest BCUT2D eigenvalue weighted by molar-refractivity contribution is -0.0407. The molecule has 1 aromatic carbocycles. The normalized spacial score (nSPS) is 16.5. The Kier molecular flexibility index (Phi) is 5.62. The first-order valence-corrected chi connectivity index (χ1v) is 6.01. The van der Waals surface area contributed by atoms with Gasteiger partial charge in [-0.3, -0.25) is 0 Å². The van der Waals surface area contributed by atoms with E-state index in [1.165, 1.54) is 5.56 Å². The summed E-state index contributed by atoms with van der Waals surface area (Å²) in [5.74, 6) is 0. The summed E-state index contributed by atoms with van der Waals surface area (Å²) in [6.07, 6.45) is 0.0364. The lowest BCUT2D eigenvalue weighted by atomic mass is 10.0. The molecule has 3 atom stereocenters. The fraction of sp³-hybridized carbons (Fsp3) is 0.571. The topological polar surface area (TPSA) is 44.5 Å². The number of rotatable bonds is 6. The molecule has 0 aliphatic rings. The smallest absolute Gasteiger partial charge is 0.0784 e. The second kappa shape index (κ2) is 6.74. The quantitative estimate of drug-likeness (QED) is 0.826. The van der Waals surface area contributed by atoms with Gasteiger partial charge in [-0.25, -0.2) is 0 Å². The molecule has 3 heteroatoms. The van der Waals surface area contributed by atoms with Crippen molar-refractivity contribution in [1.82, 2.24) is 0 Å². The first kappa shape index (κ1) is 14.2. The van der Waals surface area contributed by atoms with Gasteiger partial charge in [0.25, 0.3) is 0 Å². The molecule has 0 saturated carbocycles. The van der Waals surface area contributed by atoms with Gasteiger partial charge in [0.05, 0.1) is 24.9 Å². The maximum absolute atomic E-state index is 6.17. The number of methoxy groups -OCH3 is 1. The Morgan fingerprint density at radius 2 is 1.76 bits per heavy atom. The summed E-state index contributed by atoms with van der Waals surface area (Å²) in [7, 11) is 1.67. The summed E-state index contributed by atoms with van der Waals surface area (Å²) in [5, 5.41) is 0. The zero-order valence-electron chi connectivity index (χ0n) is 11.1. The molecule has 2 N–H and O–H groups in total. The molecule has 96 valence electrons. The molecular weight excluding hydrogens is 214 g/mol. The number of hydrogen-bond donors (Lipinski definition) is 1. The monoisotopic (exact) mass is 237 g/mol. The molecule has 1 rings (SSSR count). The molecule has 3 unspecified atom stereocenters. The highest BCUT2D eigenvalue weighted by molar-refractivity contribution is 5.24. The van der Waals surface area contributed by atoms with Crippen molar-refractivity contribution < 1.29 is 9.47 Å². The van der Waals surface area contributed by atoms with Crippen LogP contribution in [0.25, 0.3) is 0 Å². The van der Waals surface area contributed by atoms with Crippen LogP contribution in [0.4, 0.5) is 0 Å². The van der Waals surface area contributed by atoms with Crippen molar-refractivity contribution in [2.45, 2.75) is 39.0 Å². The fourth-order valence-corrected chi connectivity index (χ4v) is 1.78. The molecule has 17 heavy (non-hydrogen) atoms. The van der Waals surface area contributed by atoms with E-state index in [1.54, 1.807) is 7.11 Å². The highest BCUT2D eigenvalue weighted by Crippen LogP contribution is 2.18. The standard InChI is InChI=1S/C14H23NO2/c1-10-5-7-13(8-6-10)14(15)12(3)17-11(2)9-16-4/h5-8,11-12,14H,9,15H2,1-4H3. The Morgan fingerprint density at radius 1 is 1.18 bits per heavy atom. The summed E-state index contributed by atoms with van der Waals surface area (Å²) in [4.78, 5) is 0. The SMILES string of the molecule is COCC(C)OC(C)C(N)c1ccc(C)cc1. The predicted octanol–water partition coefficient (Wildman–Crippen LogP) is 2.43. The molecule has 0 heterocycles. The minimum atomic E-state index is -0.102. The van der Waals surface area contributed by atoms with Crippen molar-refractivity contribution in [2.75, 3.05) is 13.7 Å². The highest BCUT2D eigenvalue weighted by Gasteiger charge is 2.17. The first-order chi connectivity index (χ1) is 8.04. The molecule has 0 radical (unpaired) electrons. The Morgan fingerprint density at radius 3 is 2.29 bits per heavy atom. The molecule has 3 nitrogen and oxygen atoms in total. The molecule has 0 fully saturated rings. The third-order valence-electron chi connectivity index (χ3n) is 2.82. The molecule has 0 aromatic heterocycles. The summed E-state index contributed by atoms with van der Waals surface area (Å²) >= 11 is 0. The maximum atomic E-state index is 6.17. The number of nitrogens with two attached hydrogens (primary N) is 1. The second-order valence-corrected chi connectivity index (χ2v) is 4.54. The van der Waals surface area contributed by atoms with Crippen molar-refractivity contribution in [3.05, 3.63) is 35.4 Å². The molecule has 0 aliphatic carbocycles. The molecule has 0 bridgehead atoms. The van der Waals surface area contributed by atoms with Crippen LogP contribution >= 0.6 is 0 Å². The van der Waals surface area contributed by atoms with E-state index in [2.05, 4.69) is 31.2 Å². The van der Waals surface area contributed by atoms with Crippen molar-refractivity contribution in [1.29, 1.82) is 0 Å². The second-order valence-electron chi connectivity index (χ2n) is 4.54. The first-order valence-electron chi connectivity index (χ1n) is 6.01. The van der Waals surface area contributed by atoms with Crippen molar-refractivity contribution >= 4 is 0 Å². The number of benzene rings is 1. The summed E-state index contributed by atoms with van der Waals surface area (Å²) in [5.41, 5.74) is 8.51. The van der Waals surface area contributed by atoms with Gasteiger partial charge in [0.15, 0.2) is 0 Å². The highest BCUT2D eigenvalue weighted by atomic mass is 16.5. The van der Waals surface area contributed by atoms with Crippen molar-refractivity contribution in [3.8, 4) is 0 Å². The average molecular weight is 237 g/mol. The van der Waals surface area contributed by atoms with E-state index in [9.17, 15) is 0 Å². The predicted molar refractivity (Wildman–Crippen MR) is 70.0 cm³/mol. The Labute approximate surface area is 104 Å². The number of aryl methyl sites for hydroxylation is 1. The maximum Gasteiger partial charge on any atom is 0.0784 e. The van der Waals surface area contributed by atoms with Gasteiger partial charge in [-0.05, 0) is 26.3 Å². The Hall–Kier alpha value is -0.900. The van der Waals surface area contributed by atoms with E-state index in [1.807, 2.05) is 13.8 Å². The molecular formula is C14H23NO2. The zero-order valence-corrected chi connectivity index (χ0v) is 11.1. The van der Waals surface area contributed by atoms with E-state index in [-0.39, 0.29) is 18.2 Å². The van der Waals surface area contributed by atoms with Crippen LogP contribution in [0.1, 0.15) is 31.0 Å². The van der Waals surface area contributed by atoms with E-state index < -0.39 is 0 Å². The van der Waals surface area contributed by atoms with Crippen LogP contribution in [0, 0.1) is 6.92 Å². The third-order valence-corrected chi connectivity index (χ3v) is 2.82. The largest absolute Gasteiger partial charge is 0.382 e. The van der Waals surface area contributed by atoms with E-state index in [4.69, 9.17) is 15.2 Å². The third kappa shape index (κ3) is 4.46. The molecule has 0 amide bonds. The van der Waals surface area contributed by atoms with Crippen molar-refractivity contribution in [2.24, 2.45) is 5.73 Å². The summed E-state index contributed by atoms with van der Waals surface area (Å²) in [6.45, 7) is 6.64. The van der Waals surface area contributed by atoms with Gasteiger partial charge in [-0.15, -0.1) is 0 Å². The minimum absolute atomic E-state index is 0.0251. The summed E-state index contributed by atoms with van der Waals surface area (Å²) < 4.78 is 10.8. The van der Waals surface area contributed by atoms with Crippen LogP contribution in [0.2, 0.25) is 0 Å². The molecule has 1 aromatic rings. The van der Waals surface area contributed by atoms with Crippen LogP contribution in [-0.2, 0) is 9.47 Å². The van der Waals surface area contributed by atoms with Gasteiger partial charge in [0.2, 0.25) is 0 Å². The lowest BCUT2D eigenvalue weighted by Crippen LogP contribution is -2.31. The van der Waals surface area contributed by atoms with E-state index >= 15 is 0 Å². The van der Waals surface area contributed by atoms with Crippen LogP contribution < -0.4 is 5.73 Å². The minimum Gasteiger partial charge on any atom is -0.382 e. The molecule has 0 saturated heterocycles.